The Bertz CT molecular complexity index is 955. The van der Waals surface area contributed by atoms with Gasteiger partial charge in [0.05, 0.1) is 23.7 Å². The second kappa shape index (κ2) is 11.4. The molecule has 4 rings (SSSR count). The number of halogens is 3. The van der Waals surface area contributed by atoms with Crippen LogP contribution in [0.25, 0.3) is 0 Å². The first-order valence-electron chi connectivity index (χ1n) is 14.5. The summed E-state index contributed by atoms with van der Waals surface area (Å²) >= 11 is 0. The van der Waals surface area contributed by atoms with Crippen LogP contribution in [-0.4, -0.2) is 41.8 Å². The van der Waals surface area contributed by atoms with Gasteiger partial charge in [-0.15, -0.1) is 0 Å². The van der Waals surface area contributed by atoms with Crippen molar-refractivity contribution in [3.05, 3.63) is 0 Å². The summed E-state index contributed by atoms with van der Waals surface area (Å²) in [4.78, 5) is 51.8. The first-order valence-corrected chi connectivity index (χ1v) is 14.5. The van der Waals surface area contributed by atoms with E-state index < -0.39 is 65.4 Å². The average molecular weight is 559 g/mol. The molecule has 9 atom stereocenters. The Kier molecular flexibility index (Phi) is 8.72. The number of fused-ring (bicyclic) bond motifs is 2. The summed E-state index contributed by atoms with van der Waals surface area (Å²) in [6.45, 7) is 6.25. The maximum atomic E-state index is 13.2. The van der Waals surface area contributed by atoms with Crippen LogP contribution in [-0.2, 0) is 33.4 Å². The maximum absolute atomic E-state index is 13.2. The predicted octanol–water partition coefficient (Wildman–Crippen LogP) is 5.78. The van der Waals surface area contributed by atoms with E-state index in [0.29, 0.717) is 5.92 Å². The predicted molar refractivity (Wildman–Crippen MR) is 133 cm³/mol. The molecule has 7 nitrogen and oxygen atoms in total. The van der Waals surface area contributed by atoms with Crippen LogP contribution >= 0.6 is 0 Å². The SMILES string of the molecule is CC(CC(CC1C(=O)OC(=O)C1C1C2CCC(C2)C1C)C(=O)OC(C)C(F)(F)F)C(=O)OC1(C)CCCCC1. The zero-order valence-electron chi connectivity index (χ0n) is 23.3. The van der Waals surface area contributed by atoms with Crippen LogP contribution < -0.4 is 0 Å². The smallest absolute Gasteiger partial charge is 0.425 e. The van der Waals surface area contributed by atoms with Gasteiger partial charge >= 0.3 is 30.1 Å². The number of carbonyl (C=O) groups excluding carboxylic acids is 4. The van der Waals surface area contributed by atoms with Gasteiger partial charge in [0, 0.05) is 0 Å². The quantitative estimate of drug-likeness (QED) is 0.201. The van der Waals surface area contributed by atoms with E-state index in [1.807, 2.05) is 6.92 Å². The molecule has 2 bridgehead atoms. The van der Waals surface area contributed by atoms with Crippen molar-refractivity contribution in [1.82, 2.24) is 0 Å². The van der Waals surface area contributed by atoms with Crippen molar-refractivity contribution in [2.24, 2.45) is 47.3 Å². The van der Waals surface area contributed by atoms with Crippen LogP contribution in [0.3, 0.4) is 0 Å². The Balaban J connectivity index is 1.52. The third kappa shape index (κ3) is 6.45. The minimum atomic E-state index is -4.76. The number of cyclic esters (lactones) is 2. The first kappa shape index (κ1) is 29.8. The molecule has 0 N–H and O–H groups in total. The summed E-state index contributed by atoms with van der Waals surface area (Å²) in [7, 11) is 0. The molecule has 1 aliphatic heterocycles. The molecule has 0 radical (unpaired) electrons. The standard InChI is InChI=1S/C29H41F3O7/c1-15(24(33)39-28(4)10-6-5-7-11-28)12-20(25(34)37-17(3)29(30,31)32)14-21-23(27(36)38-26(21)35)22-16(2)18-8-9-19(22)13-18/h15-23H,5-14H2,1-4H3. The molecule has 4 fully saturated rings. The Morgan fingerprint density at radius 2 is 1.67 bits per heavy atom. The van der Waals surface area contributed by atoms with Crippen molar-refractivity contribution in [2.75, 3.05) is 0 Å². The first-order chi connectivity index (χ1) is 18.2. The van der Waals surface area contributed by atoms with E-state index in [9.17, 15) is 32.3 Å². The molecule has 9 unspecified atom stereocenters. The van der Waals surface area contributed by atoms with Crippen LogP contribution in [0.2, 0.25) is 0 Å². The lowest BCUT2D eigenvalue weighted by Gasteiger charge is -2.35. The maximum Gasteiger partial charge on any atom is 0.425 e. The number of rotatable bonds is 9. The molecule has 0 spiro atoms. The molecule has 3 aliphatic carbocycles. The number of hydrogen-bond acceptors (Lipinski definition) is 7. The third-order valence-electron chi connectivity index (χ3n) is 9.96. The highest BCUT2D eigenvalue weighted by Gasteiger charge is 2.58. The third-order valence-corrected chi connectivity index (χ3v) is 9.96. The lowest BCUT2D eigenvalue weighted by molar-refractivity contribution is -0.219. The lowest BCUT2D eigenvalue weighted by atomic mass is 9.68. The van der Waals surface area contributed by atoms with Gasteiger partial charge in [-0.25, -0.2) is 0 Å². The van der Waals surface area contributed by atoms with E-state index >= 15 is 0 Å². The van der Waals surface area contributed by atoms with Gasteiger partial charge in [0.15, 0.2) is 6.10 Å². The molecule has 10 heteroatoms. The Morgan fingerprint density at radius 1 is 1.03 bits per heavy atom. The van der Waals surface area contributed by atoms with Crippen molar-refractivity contribution in [2.45, 2.75) is 110 Å². The molecule has 3 saturated carbocycles. The lowest BCUT2D eigenvalue weighted by Crippen LogP contribution is -2.39. The minimum Gasteiger partial charge on any atom is -0.459 e. The van der Waals surface area contributed by atoms with E-state index in [1.165, 1.54) is 0 Å². The summed E-state index contributed by atoms with van der Waals surface area (Å²) in [5.74, 6) is -5.95. The van der Waals surface area contributed by atoms with Crippen molar-refractivity contribution in [1.29, 1.82) is 0 Å². The highest BCUT2D eigenvalue weighted by molar-refractivity contribution is 5.97. The molecule has 0 aromatic carbocycles. The fraction of sp³-hybridized carbons (Fsp3) is 0.862. The molecule has 0 amide bonds. The van der Waals surface area contributed by atoms with Crippen molar-refractivity contribution < 1.29 is 46.6 Å². The van der Waals surface area contributed by atoms with Crippen LogP contribution in [0.15, 0.2) is 0 Å². The number of hydrogen-bond donors (Lipinski definition) is 0. The van der Waals surface area contributed by atoms with Gasteiger partial charge in [-0.1, -0.05) is 20.3 Å². The zero-order chi connectivity index (χ0) is 28.7. The van der Waals surface area contributed by atoms with Gasteiger partial charge in [0.1, 0.15) is 5.60 Å². The molecular formula is C29H41F3O7. The van der Waals surface area contributed by atoms with Crippen molar-refractivity contribution in [3.63, 3.8) is 0 Å². The van der Waals surface area contributed by atoms with Gasteiger partial charge in [0.25, 0.3) is 0 Å². The molecule has 1 heterocycles. The molecule has 0 aromatic rings. The number of alkyl halides is 3. The largest absolute Gasteiger partial charge is 0.459 e. The zero-order valence-corrected chi connectivity index (χ0v) is 23.3. The fourth-order valence-corrected chi connectivity index (χ4v) is 7.67. The molecule has 4 aliphatic rings. The van der Waals surface area contributed by atoms with E-state index in [4.69, 9.17) is 14.2 Å². The van der Waals surface area contributed by atoms with Crippen LogP contribution in [0.5, 0.6) is 0 Å². The van der Waals surface area contributed by atoms with E-state index in [2.05, 4.69) is 6.92 Å². The molecule has 1 saturated heterocycles. The topological polar surface area (TPSA) is 96.0 Å². The average Bonchev–Trinajstić information content (AvgIpc) is 3.51. The summed E-state index contributed by atoms with van der Waals surface area (Å²) < 4.78 is 55.2. The molecule has 220 valence electrons. The van der Waals surface area contributed by atoms with Crippen LogP contribution in [0, 0.1) is 47.3 Å². The fourth-order valence-electron chi connectivity index (χ4n) is 7.67. The van der Waals surface area contributed by atoms with Crippen molar-refractivity contribution in [3.8, 4) is 0 Å². The number of ether oxygens (including phenoxy) is 3. The number of esters is 4. The Labute approximate surface area is 227 Å². The van der Waals surface area contributed by atoms with E-state index in [1.54, 1.807) is 6.92 Å². The number of carbonyl (C=O) groups is 4. The molecule has 39 heavy (non-hydrogen) atoms. The van der Waals surface area contributed by atoms with Crippen LogP contribution in [0.1, 0.15) is 91.9 Å². The summed E-state index contributed by atoms with van der Waals surface area (Å²) in [5.41, 5.74) is -0.616. The second-order valence-corrected chi connectivity index (χ2v) is 12.8. The van der Waals surface area contributed by atoms with Gasteiger partial charge in [-0.05, 0) is 95.3 Å². The van der Waals surface area contributed by atoms with Gasteiger partial charge in [-0.2, -0.15) is 13.2 Å². The minimum absolute atomic E-state index is 0.0768. The van der Waals surface area contributed by atoms with Gasteiger partial charge < -0.3 is 14.2 Å². The van der Waals surface area contributed by atoms with Crippen molar-refractivity contribution >= 4 is 23.9 Å². The Hall–Kier alpha value is -2.13. The van der Waals surface area contributed by atoms with E-state index in [0.717, 1.165) is 58.3 Å². The van der Waals surface area contributed by atoms with Crippen LogP contribution in [0.4, 0.5) is 13.2 Å². The van der Waals surface area contributed by atoms with Gasteiger partial charge in [0.2, 0.25) is 0 Å². The second-order valence-electron chi connectivity index (χ2n) is 12.8. The highest BCUT2D eigenvalue weighted by Crippen LogP contribution is 2.57. The summed E-state index contributed by atoms with van der Waals surface area (Å²) in [6.07, 6.45) is -0.0988. The highest BCUT2D eigenvalue weighted by atomic mass is 19.4. The summed E-state index contributed by atoms with van der Waals surface area (Å²) in [5, 5.41) is 0. The normalized spacial score (nSPS) is 34.3. The molecule has 0 aromatic heterocycles. The molecular weight excluding hydrogens is 517 g/mol. The monoisotopic (exact) mass is 558 g/mol. The summed E-state index contributed by atoms with van der Waals surface area (Å²) in [6, 6.07) is 0. The Morgan fingerprint density at radius 3 is 2.26 bits per heavy atom. The van der Waals surface area contributed by atoms with Gasteiger partial charge in [-0.3, -0.25) is 19.2 Å². The van der Waals surface area contributed by atoms with E-state index in [-0.39, 0.29) is 30.6 Å².